The van der Waals surface area contributed by atoms with E-state index in [-0.39, 0.29) is 28.8 Å². The Balaban J connectivity index is 1.66. The maximum absolute atomic E-state index is 13.4. The lowest BCUT2D eigenvalue weighted by Crippen LogP contribution is -2.80. The molecule has 2 atom stereocenters. The van der Waals surface area contributed by atoms with Crippen molar-refractivity contribution in [3.63, 3.8) is 0 Å². The number of alkyl halides is 3. The first kappa shape index (κ1) is 28.0. The molecular weight excluding hydrogens is 589 g/mol. The van der Waals surface area contributed by atoms with Gasteiger partial charge in [0, 0.05) is 28.2 Å². The summed E-state index contributed by atoms with van der Waals surface area (Å²) in [7, 11) is 0. The number of amides is 2. The molecule has 4 rings (SSSR count). The van der Waals surface area contributed by atoms with Gasteiger partial charge in [0.2, 0.25) is 18.1 Å². The maximum Gasteiger partial charge on any atom is 0.425 e. The summed E-state index contributed by atoms with van der Waals surface area (Å²) in [5.41, 5.74) is 2.46. The molecule has 1 unspecified atom stereocenters. The largest absolute Gasteiger partial charge is 0.477 e. The zero-order valence-corrected chi connectivity index (χ0v) is 21.6. The van der Waals surface area contributed by atoms with E-state index in [0.29, 0.717) is 11.5 Å². The van der Waals surface area contributed by atoms with Crippen LogP contribution in [-0.2, 0) is 25.8 Å². The molecule has 2 aromatic rings. The number of nitrogen functional groups attached to an aromatic ring is 1. The number of rotatable bonds is 10. The summed E-state index contributed by atoms with van der Waals surface area (Å²) in [5, 5.41) is 26.4. The molecule has 2 aromatic heterocycles. The van der Waals surface area contributed by atoms with Gasteiger partial charge in [-0.1, -0.05) is 23.4 Å². The molecule has 0 radical (unpaired) electrons. The molecule has 206 valence electrons. The lowest BCUT2D eigenvalue weighted by molar-refractivity contribution is -0.174. The molecule has 0 aliphatic carbocycles. The van der Waals surface area contributed by atoms with E-state index < -0.39 is 58.7 Å². The topological polar surface area (TPSA) is 204 Å². The van der Waals surface area contributed by atoms with Gasteiger partial charge in [-0.25, -0.2) is 9.48 Å². The van der Waals surface area contributed by atoms with Gasteiger partial charge in [-0.15, -0.1) is 23.4 Å². The number of tetrazole rings is 1. The van der Waals surface area contributed by atoms with Crippen LogP contribution < -0.4 is 11.1 Å². The third-order valence-electron chi connectivity index (χ3n) is 5.17. The Morgan fingerprint density at radius 1 is 1.44 bits per heavy atom. The lowest BCUT2D eigenvalue weighted by atomic mass is 9.87. The molecule has 0 saturated carbocycles. The number of anilines is 1. The SMILES string of the molecule is C=CCn1nnnc1C1=C(C(=O)O)N2C(=O)C(C=S)(NC(=O)C(=NOCC(F)(F)F)c3nsc(N)n3)[C@@H]2SC1. The zero-order valence-electron chi connectivity index (χ0n) is 19.2. The Kier molecular flexibility index (Phi) is 7.66. The number of hydrogen-bond acceptors (Lipinski definition) is 14. The number of fused-ring (bicyclic) bond motifs is 1. The van der Waals surface area contributed by atoms with Crippen LogP contribution in [0.25, 0.3) is 5.57 Å². The second-order valence-corrected chi connectivity index (χ2v) is 9.76. The first-order valence-electron chi connectivity index (χ1n) is 10.4. The van der Waals surface area contributed by atoms with Crippen LogP contribution in [0, 0.1) is 0 Å². The van der Waals surface area contributed by atoms with Gasteiger partial charge in [0.1, 0.15) is 11.1 Å². The highest BCUT2D eigenvalue weighted by Gasteiger charge is 2.65. The average Bonchev–Trinajstić information content (AvgIpc) is 3.52. The minimum atomic E-state index is -4.76. The Morgan fingerprint density at radius 3 is 2.77 bits per heavy atom. The minimum absolute atomic E-state index is 0.00575. The number of halogens is 3. The number of aromatic nitrogens is 6. The second-order valence-electron chi connectivity index (χ2n) is 7.67. The molecule has 0 spiro atoms. The third-order valence-corrected chi connectivity index (χ3v) is 7.44. The number of carbonyl (C=O) groups is 3. The fraction of sp³-hybridized carbons (Fsp3) is 0.333. The summed E-state index contributed by atoms with van der Waals surface area (Å²) in [4.78, 5) is 47.7. The highest BCUT2D eigenvalue weighted by atomic mass is 32.2. The Morgan fingerprint density at radius 2 is 2.18 bits per heavy atom. The first-order valence-corrected chi connectivity index (χ1v) is 12.7. The summed E-state index contributed by atoms with van der Waals surface area (Å²) in [6.45, 7) is 1.92. The fourth-order valence-electron chi connectivity index (χ4n) is 3.60. The molecular formula is C18H15F3N10O5S3. The number of thioether (sulfide) groups is 1. The number of oxime groups is 1. The number of carboxylic acids is 1. The Bertz CT molecular complexity index is 1420. The number of thiocarbonyl (C=S) groups is 1. The van der Waals surface area contributed by atoms with Crippen molar-refractivity contribution in [3.8, 4) is 0 Å². The smallest absolute Gasteiger partial charge is 0.425 e. The van der Waals surface area contributed by atoms with Crippen molar-refractivity contribution >= 4 is 75.1 Å². The summed E-state index contributed by atoms with van der Waals surface area (Å²) in [6.07, 6.45) is -3.27. The summed E-state index contributed by atoms with van der Waals surface area (Å²) in [6, 6.07) is 0. The van der Waals surface area contributed by atoms with E-state index in [1.807, 2.05) is 0 Å². The third kappa shape index (κ3) is 5.18. The average molecular weight is 605 g/mol. The molecule has 15 nitrogen and oxygen atoms in total. The quantitative estimate of drug-likeness (QED) is 0.106. The van der Waals surface area contributed by atoms with Gasteiger partial charge in [-0.05, 0) is 10.4 Å². The normalized spacial score (nSPS) is 21.2. The second kappa shape index (κ2) is 10.6. The molecule has 0 aromatic carbocycles. The van der Waals surface area contributed by atoms with Crippen LogP contribution in [-0.4, -0.2) is 97.9 Å². The van der Waals surface area contributed by atoms with Crippen LogP contribution in [0.5, 0.6) is 0 Å². The van der Waals surface area contributed by atoms with Gasteiger partial charge >= 0.3 is 12.1 Å². The molecule has 4 heterocycles. The van der Waals surface area contributed by atoms with Crippen LogP contribution in [0.3, 0.4) is 0 Å². The van der Waals surface area contributed by atoms with Crippen LogP contribution >= 0.6 is 35.5 Å². The molecule has 21 heteroatoms. The summed E-state index contributed by atoms with van der Waals surface area (Å²) in [5.74, 6) is -3.98. The Labute approximate surface area is 229 Å². The van der Waals surface area contributed by atoms with Gasteiger partial charge in [0.25, 0.3) is 11.8 Å². The molecule has 2 aliphatic heterocycles. The van der Waals surface area contributed by atoms with Crippen LogP contribution in [0.2, 0.25) is 0 Å². The van der Waals surface area contributed by atoms with Crippen molar-refractivity contribution in [3.05, 3.63) is 30.0 Å². The van der Waals surface area contributed by atoms with Crippen LogP contribution in [0.1, 0.15) is 11.6 Å². The van der Waals surface area contributed by atoms with Gasteiger partial charge < -0.3 is 21.0 Å². The number of hydrogen-bond donors (Lipinski definition) is 3. The van der Waals surface area contributed by atoms with Crippen molar-refractivity contribution in [2.75, 3.05) is 18.1 Å². The van der Waals surface area contributed by atoms with Gasteiger partial charge in [0.05, 0.1) is 6.54 Å². The molecule has 39 heavy (non-hydrogen) atoms. The highest BCUT2D eigenvalue weighted by molar-refractivity contribution is 8.00. The van der Waals surface area contributed by atoms with E-state index in [1.165, 1.54) is 10.8 Å². The number of β-lactam (4-membered cyclic amide) rings is 1. The number of nitrogens with zero attached hydrogens (tertiary/aromatic N) is 8. The van der Waals surface area contributed by atoms with E-state index >= 15 is 0 Å². The number of carbonyl (C=O) groups excluding carboxylic acids is 2. The fourth-order valence-corrected chi connectivity index (χ4v) is 5.84. The Hall–Kier alpha value is -3.98. The summed E-state index contributed by atoms with van der Waals surface area (Å²) < 4.78 is 42.7. The molecule has 4 N–H and O–H groups in total. The number of allylic oxidation sites excluding steroid dienone is 1. The van der Waals surface area contributed by atoms with Gasteiger partial charge in [-0.2, -0.15) is 22.5 Å². The highest BCUT2D eigenvalue weighted by Crippen LogP contribution is 2.47. The standard InChI is InChI=1S/C18H15F3N10O5S3/c1-2-3-30-11(25-28-29-30)7-4-38-15-17(6-37,14(35)31(15)9(7)13(33)34)24-12(32)8(10-23-16(22)39-27-10)26-36-5-18(19,20)21/h2,6,15H,1,3-5H2,(H,24,32)(H,33,34)(H2,22,23,27)/t15-,17?/m0/s1. The van der Waals surface area contributed by atoms with E-state index in [2.05, 4.69) is 46.8 Å². The lowest BCUT2D eigenvalue weighted by Gasteiger charge is -2.55. The zero-order chi connectivity index (χ0) is 28.5. The van der Waals surface area contributed by atoms with E-state index in [1.54, 1.807) is 0 Å². The predicted octanol–water partition coefficient (Wildman–Crippen LogP) is -0.158. The van der Waals surface area contributed by atoms with Gasteiger partial charge in [-0.3, -0.25) is 14.5 Å². The maximum atomic E-state index is 13.4. The number of aliphatic carboxylic acids is 1. The number of nitrogens with two attached hydrogens (primary N) is 1. The van der Waals surface area contributed by atoms with E-state index in [9.17, 15) is 32.7 Å². The minimum Gasteiger partial charge on any atom is -0.477 e. The predicted molar refractivity (Wildman–Crippen MR) is 133 cm³/mol. The van der Waals surface area contributed by atoms with E-state index in [0.717, 1.165) is 22.0 Å². The van der Waals surface area contributed by atoms with Crippen molar-refractivity contribution in [1.29, 1.82) is 0 Å². The molecule has 0 bridgehead atoms. The number of carboxylic acid groups (broad SMARTS) is 1. The molecule has 1 fully saturated rings. The first-order chi connectivity index (χ1) is 18.4. The van der Waals surface area contributed by atoms with Crippen molar-refractivity contribution in [2.24, 2.45) is 5.16 Å². The van der Waals surface area contributed by atoms with Gasteiger partial charge in [0.15, 0.2) is 16.5 Å². The summed E-state index contributed by atoms with van der Waals surface area (Å²) >= 11 is 6.71. The van der Waals surface area contributed by atoms with Crippen LogP contribution in [0.15, 0.2) is 23.5 Å². The van der Waals surface area contributed by atoms with Crippen molar-refractivity contribution < 1.29 is 37.5 Å². The molecule has 2 aliphatic rings. The van der Waals surface area contributed by atoms with Crippen molar-refractivity contribution in [1.82, 2.24) is 39.8 Å². The number of nitrogens with one attached hydrogen (secondary N) is 1. The van der Waals surface area contributed by atoms with Crippen LogP contribution in [0.4, 0.5) is 18.3 Å². The molecule has 2 amide bonds. The van der Waals surface area contributed by atoms with E-state index in [4.69, 9.17) is 18.0 Å². The van der Waals surface area contributed by atoms with Crippen molar-refractivity contribution in [2.45, 2.75) is 23.6 Å². The monoisotopic (exact) mass is 604 g/mol. The molecule has 1 saturated heterocycles.